The molecular formula is C13H19ClN2O. The number of allylic oxidation sites excluding steroid dienone is 1. The molecule has 1 amide bonds. The summed E-state index contributed by atoms with van der Waals surface area (Å²) in [6.07, 6.45) is 5.13. The van der Waals surface area contributed by atoms with Crippen LogP contribution in [0, 0.1) is 0 Å². The molecule has 2 saturated heterocycles. The predicted octanol–water partition coefficient (Wildman–Crippen LogP) is 3.09. The van der Waals surface area contributed by atoms with Crippen molar-refractivity contribution in [3.63, 3.8) is 0 Å². The SMILES string of the molecule is CCC(N=C(C)Cl)=C1CC2CCCCN2C1=O. The summed E-state index contributed by atoms with van der Waals surface area (Å²) in [5.74, 6) is 0.188. The minimum atomic E-state index is 0.188. The number of piperidine rings is 1. The van der Waals surface area contributed by atoms with Crippen LogP contribution >= 0.6 is 11.6 Å². The fourth-order valence-corrected chi connectivity index (χ4v) is 2.87. The van der Waals surface area contributed by atoms with E-state index < -0.39 is 0 Å². The van der Waals surface area contributed by atoms with Crippen molar-refractivity contribution in [1.29, 1.82) is 0 Å². The van der Waals surface area contributed by atoms with Gasteiger partial charge in [0.1, 0.15) is 5.17 Å². The van der Waals surface area contributed by atoms with Crippen molar-refractivity contribution in [2.75, 3.05) is 6.54 Å². The Morgan fingerprint density at radius 1 is 1.53 bits per heavy atom. The molecule has 0 aliphatic carbocycles. The molecule has 2 aliphatic heterocycles. The van der Waals surface area contributed by atoms with Gasteiger partial charge in [-0.15, -0.1) is 0 Å². The maximum atomic E-state index is 12.3. The Bertz CT molecular complexity index is 383. The summed E-state index contributed by atoms with van der Waals surface area (Å²) in [5, 5.41) is 0.507. The van der Waals surface area contributed by atoms with Gasteiger partial charge in [0, 0.05) is 24.6 Å². The predicted molar refractivity (Wildman–Crippen MR) is 70.2 cm³/mol. The minimum Gasteiger partial charge on any atom is -0.336 e. The average Bonchev–Trinajstić information content (AvgIpc) is 2.64. The lowest BCUT2D eigenvalue weighted by molar-refractivity contribution is -0.127. The van der Waals surface area contributed by atoms with Crippen LogP contribution in [0.25, 0.3) is 0 Å². The molecule has 1 unspecified atom stereocenters. The summed E-state index contributed by atoms with van der Waals surface area (Å²) >= 11 is 5.82. The number of hydrogen-bond donors (Lipinski definition) is 0. The molecule has 2 aliphatic rings. The van der Waals surface area contributed by atoms with Crippen LogP contribution < -0.4 is 0 Å². The molecule has 1 atom stereocenters. The van der Waals surface area contributed by atoms with Crippen LogP contribution in [0.5, 0.6) is 0 Å². The number of halogens is 1. The van der Waals surface area contributed by atoms with Gasteiger partial charge in [0.25, 0.3) is 5.91 Å². The number of carbonyl (C=O) groups excluding carboxylic acids is 1. The van der Waals surface area contributed by atoms with Crippen LogP contribution in [0.2, 0.25) is 0 Å². The molecule has 0 aromatic rings. The Balaban J connectivity index is 2.29. The van der Waals surface area contributed by atoms with Gasteiger partial charge in [-0.3, -0.25) is 4.79 Å². The molecule has 17 heavy (non-hydrogen) atoms. The Morgan fingerprint density at radius 2 is 2.29 bits per heavy atom. The van der Waals surface area contributed by atoms with Crippen LogP contribution in [-0.4, -0.2) is 28.6 Å². The molecule has 0 N–H and O–H groups in total. The zero-order chi connectivity index (χ0) is 12.4. The first-order valence-corrected chi connectivity index (χ1v) is 6.75. The van der Waals surface area contributed by atoms with Gasteiger partial charge in [0.2, 0.25) is 0 Å². The van der Waals surface area contributed by atoms with Gasteiger partial charge >= 0.3 is 0 Å². The van der Waals surface area contributed by atoms with Crippen molar-refractivity contribution >= 4 is 22.7 Å². The van der Waals surface area contributed by atoms with E-state index in [-0.39, 0.29) is 5.91 Å². The van der Waals surface area contributed by atoms with Gasteiger partial charge < -0.3 is 4.90 Å². The molecule has 2 fully saturated rings. The Morgan fingerprint density at radius 3 is 2.88 bits per heavy atom. The molecule has 3 nitrogen and oxygen atoms in total. The lowest BCUT2D eigenvalue weighted by Crippen LogP contribution is -2.37. The van der Waals surface area contributed by atoms with E-state index in [4.69, 9.17) is 11.6 Å². The highest BCUT2D eigenvalue weighted by atomic mass is 35.5. The number of aliphatic imine (C=N–C) groups is 1. The second-order valence-electron chi connectivity index (χ2n) is 4.74. The van der Waals surface area contributed by atoms with Crippen LogP contribution in [0.1, 0.15) is 46.0 Å². The van der Waals surface area contributed by atoms with E-state index in [1.54, 1.807) is 6.92 Å². The zero-order valence-corrected chi connectivity index (χ0v) is 11.3. The minimum absolute atomic E-state index is 0.188. The van der Waals surface area contributed by atoms with Crippen molar-refractivity contribution in [2.45, 2.75) is 52.0 Å². The number of hydrogen-bond acceptors (Lipinski definition) is 2. The first kappa shape index (κ1) is 12.6. The molecule has 0 aromatic heterocycles. The molecule has 0 bridgehead atoms. The topological polar surface area (TPSA) is 32.7 Å². The summed E-state index contributed by atoms with van der Waals surface area (Å²) in [6.45, 7) is 4.69. The fraction of sp³-hybridized carbons (Fsp3) is 0.692. The quantitative estimate of drug-likeness (QED) is 0.551. The summed E-state index contributed by atoms with van der Waals surface area (Å²) in [4.78, 5) is 18.6. The standard InChI is InChI=1S/C13H19ClN2O/c1-3-12(15-9(2)14)11-8-10-6-4-5-7-16(10)13(11)17/h10H,3-8H2,1-2H3. The second kappa shape index (κ2) is 5.21. The van der Waals surface area contributed by atoms with Crippen molar-refractivity contribution in [3.8, 4) is 0 Å². The molecule has 2 rings (SSSR count). The monoisotopic (exact) mass is 254 g/mol. The van der Waals surface area contributed by atoms with Gasteiger partial charge in [-0.25, -0.2) is 4.99 Å². The number of carbonyl (C=O) groups is 1. The van der Waals surface area contributed by atoms with Crippen LogP contribution in [0.3, 0.4) is 0 Å². The molecule has 0 aromatic carbocycles. The smallest absolute Gasteiger partial charge is 0.251 e. The highest BCUT2D eigenvalue weighted by Gasteiger charge is 2.37. The Hall–Kier alpha value is -0.830. The highest BCUT2D eigenvalue weighted by Crippen LogP contribution is 2.33. The average molecular weight is 255 g/mol. The third kappa shape index (κ3) is 2.54. The number of amides is 1. The molecule has 0 radical (unpaired) electrons. The Kier molecular flexibility index (Phi) is 3.87. The van der Waals surface area contributed by atoms with E-state index in [9.17, 15) is 4.79 Å². The van der Waals surface area contributed by atoms with E-state index in [1.807, 2.05) is 11.8 Å². The van der Waals surface area contributed by atoms with Gasteiger partial charge in [0.05, 0.1) is 5.70 Å². The van der Waals surface area contributed by atoms with Crippen molar-refractivity contribution in [1.82, 2.24) is 4.90 Å². The molecule has 0 spiro atoms. The lowest BCUT2D eigenvalue weighted by atomic mass is 10.0. The maximum absolute atomic E-state index is 12.3. The highest BCUT2D eigenvalue weighted by molar-refractivity contribution is 6.64. The largest absolute Gasteiger partial charge is 0.336 e. The normalized spacial score (nSPS) is 28.4. The number of nitrogens with zero attached hydrogens (tertiary/aromatic N) is 2. The lowest BCUT2D eigenvalue weighted by Gasteiger charge is -2.28. The fourth-order valence-electron chi connectivity index (χ4n) is 2.76. The summed E-state index contributed by atoms with van der Waals surface area (Å²) < 4.78 is 0. The van der Waals surface area contributed by atoms with E-state index in [2.05, 4.69) is 4.99 Å². The number of fused-ring (bicyclic) bond motifs is 1. The summed E-state index contributed by atoms with van der Waals surface area (Å²) in [6, 6.07) is 0.415. The van der Waals surface area contributed by atoms with Gasteiger partial charge in [-0.05, 0) is 32.6 Å². The van der Waals surface area contributed by atoms with Crippen molar-refractivity contribution < 1.29 is 4.79 Å². The zero-order valence-electron chi connectivity index (χ0n) is 10.5. The summed E-state index contributed by atoms with van der Waals surface area (Å²) in [7, 11) is 0. The second-order valence-corrected chi connectivity index (χ2v) is 5.29. The first-order chi connectivity index (χ1) is 8.13. The van der Waals surface area contributed by atoms with E-state index in [0.29, 0.717) is 11.2 Å². The van der Waals surface area contributed by atoms with Gasteiger partial charge in [0.15, 0.2) is 0 Å². The van der Waals surface area contributed by atoms with Crippen molar-refractivity contribution in [3.05, 3.63) is 11.3 Å². The maximum Gasteiger partial charge on any atom is 0.251 e. The molecular weight excluding hydrogens is 236 g/mol. The van der Waals surface area contributed by atoms with Crippen LogP contribution in [0.15, 0.2) is 16.3 Å². The Labute approximate surface area is 108 Å². The van der Waals surface area contributed by atoms with Crippen molar-refractivity contribution in [2.24, 2.45) is 4.99 Å². The van der Waals surface area contributed by atoms with E-state index in [1.165, 1.54) is 6.42 Å². The van der Waals surface area contributed by atoms with E-state index in [0.717, 1.165) is 43.5 Å². The molecule has 94 valence electrons. The van der Waals surface area contributed by atoms with Crippen LogP contribution in [0.4, 0.5) is 0 Å². The van der Waals surface area contributed by atoms with E-state index >= 15 is 0 Å². The van der Waals surface area contributed by atoms with Crippen LogP contribution in [-0.2, 0) is 4.79 Å². The third-order valence-corrected chi connectivity index (χ3v) is 3.64. The molecule has 4 heteroatoms. The molecule has 0 saturated carbocycles. The first-order valence-electron chi connectivity index (χ1n) is 6.37. The third-order valence-electron chi connectivity index (χ3n) is 3.56. The summed E-state index contributed by atoms with van der Waals surface area (Å²) in [5.41, 5.74) is 1.76. The molecule has 2 heterocycles. The van der Waals surface area contributed by atoms with Gasteiger partial charge in [-0.1, -0.05) is 18.5 Å². The number of rotatable bonds is 2. The van der Waals surface area contributed by atoms with Gasteiger partial charge in [-0.2, -0.15) is 0 Å².